The van der Waals surface area contributed by atoms with Gasteiger partial charge in [0, 0.05) is 11.8 Å². The van der Waals surface area contributed by atoms with Crippen LogP contribution in [0.15, 0.2) is 90.0 Å². The van der Waals surface area contributed by atoms with Crippen molar-refractivity contribution >= 4 is 5.57 Å². The van der Waals surface area contributed by atoms with Crippen molar-refractivity contribution in [3.05, 3.63) is 97.0 Å². The topological polar surface area (TPSA) is 51.8 Å². The van der Waals surface area contributed by atoms with Crippen molar-refractivity contribution in [2.45, 2.75) is 12.8 Å². The maximum Gasteiger partial charge on any atom is 0.266 e. The zero-order valence-electron chi connectivity index (χ0n) is 14.9. The lowest BCUT2D eigenvalue weighted by atomic mass is 10.0. The quantitative estimate of drug-likeness (QED) is 0.463. The van der Waals surface area contributed by atoms with Gasteiger partial charge >= 0.3 is 0 Å². The number of hydrogen-bond donors (Lipinski definition) is 0. The van der Waals surface area contributed by atoms with Gasteiger partial charge in [-0.3, -0.25) is 4.98 Å². The van der Waals surface area contributed by atoms with Crippen LogP contribution in [-0.2, 0) is 6.42 Å². The second kappa shape index (κ2) is 7.79. The van der Waals surface area contributed by atoms with E-state index in [1.54, 1.807) is 6.20 Å². The van der Waals surface area contributed by atoms with Crippen LogP contribution < -0.4 is 0 Å². The summed E-state index contributed by atoms with van der Waals surface area (Å²) >= 11 is 0. The molecule has 0 aliphatic heterocycles. The van der Waals surface area contributed by atoms with Gasteiger partial charge in [0.1, 0.15) is 5.69 Å². The molecule has 4 rings (SSSR count). The molecule has 4 aromatic rings. The van der Waals surface area contributed by atoms with E-state index in [0.717, 1.165) is 18.4 Å². The summed E-state index contributed by atoms with van der Waals surface area (Å²) in [5.41, 5.74) is 5.19. The summed E-state index contributed by atoms with van der Waals surface area (Å²) in [5, 5.41) is 8.17. The SMILES string of the molecule is C=C(CCc1ccc(-c2ccccc2)cc1)c1nnc(-c2ccccn2)o1. The molecule has 0 aliphatic carbocycles. The highest BCUT2D eigenvalue weighted by molar-refractivity contribution is 5.63. The Morgan fingerprint density at radius 2 is 1.56 bits per heavy atom. The molecule has 4 nitrogen and oxygen atoms in total. The van der Waals surface area contributed by atoms with Crippen LogP contribution in [0.1, 0.15) is 17.9 Å². The molecular weight excluding hydrogens is 334 g/mol. The molecule has 0 amide bonds. The minimum atomic E-state index is 0.416. The van der Waals surface area contributed by atoms with E-state index >= 15 is 0 Å². The van der Waals surface area contributed by atoms with Crippen LogP contribution in [0.3, 0.4) is 0 Å². The van der Waals surface area contributed by atoms with Crippen LogP contribution in [0.2, 0.25) is 0 Å². The molecule has 2 aromatic heterocycles. The molecule has 0 fully saturated rings. The number of rotatable bonds is 6. The maximum atomic E-state index is 5.71. The molecule has 0 spiro atoms. The van der Waals surface area contributed by atoms with Crippen molar-refractivity contribution in [2.75, 3.05) is 0 Å². The lowest BCUT2D eigenvalue weighted by Gasteiger charge is -2.05. The summed E-state index contributed by atoms with van der Waals surface area (Å²) in [6, 6.07) is 24.6. The summed E-state index contributed by atoms with van der Waals surface area (Å²) < 4.78 is 5.71. The number of aromatic nitrogens is 3. The predicted molar refractivity (Wildman–Crippen MR) is 107 cm³/mol. The molecule has 0 saturated carbocycles. The van der Waals surface area contributed by atoms with E-state index < -0.39 is 0 Å². The second-order valence-electron chi connectivity index (χ2n) is 6.29. The fourth-order valence-corrected chi connectivity index (χ4v) is 2.86. The molecule has 0 aliphatic rings. The van der Waals surface area contributed by atoms with Gasteiger partial charge in [-0.1, -0.05) is 67.2 Å². The van der Waals surface area contributed by atoms with Crippen molar-refractivity contribution in [1.82, 2.24) is 15.2 Å². The van der Waals surface area contributed by atoms with Gasteiger partial charge in [-0.2, -0.15) is 0 Å². The van der Waals surface area contributed by atoms with Gasteiger partial charge in [0.05, 0.1) is 0 Å². The largest absolute Gasteiger partial charge is 0.415 e. The first-order valence-electron chi connectivity index (χ1n) is 8.87. The molecule has 27 heavy (non-hydrogen) atoms. The van der Waals surface area contributed by atoms with E-state index in [2.05, 4.69) is 70.3 Å². The Bertz CT molecular complexity index is 1020. The molecule has 2 heterocycles. The van der Waals surface area contributed by atoms with Gasteiger partial charge in [0.25, 0.3) is 5.89 Å². The predicted octanol–water partition coefficient (Wildman–Crippen LogP) is 5.44. The number of benzene rings is 2. The third-order valence-electron chi connectivity index (χ3n) is 4.39. The molecule has 0 unspecified atom stereocenters. The molecule has 0 saturated heterocycles. The van der Waals surface area contributed by atoms with Crippen LogP contribution in [0.25, 0.3) is 28.3 Å². The molecule has 0 bridgehead atoms. The Morgan fingerprint density at radius 3 is 2.30 bits per heavy atom. The minimum absolute atomic E-state index is 0.416. The first-order chi connectivity index (χ1) is 13.3. The Labute approximate surface area is 158 Å². The van der Waals surface area contributed by atoms with E-state index in [1.807, 2.05) is 24.3 Å². The van der Waals surface area contributed by atoms with Crippen molar-refractivity contribution in [2.24, 2.45) is 0 Å². The van der Waals surface area contributed by atoms with E-state index in [0.29, 0.717) is 17.5 Å². The zero-order valence-corrected chi connectivity index (χ0v) is 14.9. The average Bonchev–Trinajstić information content (AvgIpc) is 3.24. The van der Waals surface area contributed by atoms with Crippen molar-refractivity contribution in [1.29, 1.82) is 0 Å². The summed E-state index contributed by atoms with van der Waals surface area (Å²) in [6.45, 7) is 4.10. The van der Waals surface area contributed by atoms with Gasteiger partial charge in [-0.25, -0.2) is 0 Å². The summed E-state index contributed by atoms with van der Waals surface area (Å²) in [6.07, 6.45) is 3.33. The third kappa shape index (κ3) is 4.01. The number of nitrogens with zero attached hydrogens (tertiary/aromatic N) is 3. The van der Waals surface area contributed by atoms with Gasteiger partial charge < -0.3 is 4.42 Å². The van der Waals surface area contributed by atoms with Gasteiger partial charge in [0.2, 0.25) is 5.89 Å². The Balaban J connectivity index is 1.39. The molecule has 2 aromatic carbocycles. The number of aryl methyl sites for hydroxylation is 1. The molecule has 0 atom stereocenters. The summed E-state index contributed by atoms with van der Waals surface area (Å²) in [5.74, 6) is 0.885. The number of pyridine rings is 1. The smallest absolute Gasteiger partial charge is 0.266 e. The standard InChI is InChI=1S/C23H19N3O/c1-17(22-25-26-23(27-22)21-9-5-6-16-24-21)10-11-18-12-14-20(15-13-18)19-7-3-2-4-8-19/h2-9,12-16H,1,10-11H2. The molecule has 132 valence electrons. The fraction of sp³-hybridized carbons (Fsp3) is 0.0870. The Morgan fingerprint density at radius 1 is 0.815 bits per heavy atom. The highest BCUT2D eigenvalue weighted by atomic mass is 16.4. The lowest BCUT2D eigenvalue weighted by molar-refractivity contribution is 0.548. The van der Waals surface area contributed by atoms with Gasteiger partial charge in [-0.05, 0) is 41.7 Å². The molecule has 4 heteroatoms. The van der Waals surface area contributed by atoms with E-state index in [4.69, 9.17) is 4.42 Å². The second-order valence-corrected chi connectivity index (χ2v) is 6.29. The van der Waals surface area contributed by atoms with E-state index in [-0.39, 0.29) is 0 Å². The van der Waals surface area contributed by atoms with Crippen LogP contribution in [-0.4, -0.2) is 15.2 Å². The van der Waals surface area contributed by atoms with Crippen LogP contribution in [0, 0.1) is 0 Å². The Kier molecular flexibility index (Phi) is 4.88. The number of hydrogen-bond acceptors (Lipinski definition) is 4. The van der Waals surface area contributed by atoms with Crippen molar-refractivity contribution < 1.29 is 4.42 Å². The fourth-order valence-electron chi connectivity index (χ4n) is 2.86. The monoisotopic (exact) mass is 353 g/mol. The molecular formula is C23H19N3O. The zero-order chi connectivity index (χ0) is 18.5. The summed E-state index contributed by atoms with van der Waals surface area (Å²) in [4.78, 5) is 4.22. The highest BCUT2D eigenvalue weighted by Crippen LogP contribution is 2.23. The minimum Gasteiger partial charge on any atom is -0.415 e. The van der Waals surface area contributed by atoms with Crippen LogP contribution >= 0.6 is 0 Å². The van der Waals surface area contributed by atoms with Gasteiger partial charge in [-0.15, -0.1) is 10.2 Å². The van der Waals surface area contributed by atoms with E-state index in [9.17, 15) is 0 Å². The first kappa shape index (κ1) is 16.9. The average molecular weight is 353 g/mol. The highest BCUT2D eigenvalue weighted by Gasteiger charge is 2.12. The van der Waals surface area contributed by atoms with E-state index in [1.165, 1.54) is 16.7 Å². The Hall–Kier alpha value is -3.53. The van der Waals surface area contributed by atoms with Gasteiger partial charge in [0.15, 0.2) is 0 Å². The summed E-state index contributed by atoms with van der Waals surface area (Å²) in [7, 11) is 0. The normalized spacial score (nSPS) is 10.7. The van der Waals surface area contributed by atoms with Crippen LogP contribution in [0.5, 0.6) is 0 Å². The van der Waals surface area contributed by atoms with Crippen molar-refractivity contribution in [3.8, 4) is 22.7 Å². The van der Waals surface area contributed by atoms with Crippen molar-refractivity contribution in [3.63, 3.8) is 0 Å². The first-order valence-corrected chi connectivity index (χ1v) is 8.87. The van der Waals surface area contributed by atoms with Crippen LogP contribution in [0.4, 0.5) is 0 Å². The maximum absolute atomic E-state index is 5.71. The third-order valence-corrected chi connectivity index (χ3v) is 4.39. The molecule has 0 N–H and O–H groups in total. The number of allylic oxidation sites excluding steroid dienone is 1. The molecule has 0 radical (unpaired) electrons. The lowest BCUT2D eigenvalue weighted by Crippen LogP contribution is -1.89.